The van der Waals surface area contributed by atoms with E-state index in [4.69, 9.17) is 0 Å². The SMILES string of the molecule is c1ccc(C2(c3ccccc3)c3ccccc3-c3c(-c4ccc(N(c5cccc(-c6cccc7ccccc67)c5)c5cccc6ccccc56)cc4)cccc32)cc1. The molecule has 0 fully saturated rings. The minimum absolute atomic E-state index is 0.440. The van der Waals surface area contributed by atoms with Gasteiger partial charge in [0.2, 0.25) is 0 Å². The summed E-state index contributed by atoms with van der Waals surface area (Å²) in [6, 6.07) is 86.7. The van der Waals surface area contributed by atoms with Crippen molar-refractivity contribution in [3.63, 3.8) is 0 Å². The van der Waals surface area contributed by atoms with E-state index in [2.05, 4.69) is 241 Å². The highest BCUT2D eigenvalue weighted by Gasteiger charge is 2.46. The van der Waals surface area contributed by atoms with E-state index >= 15 is 0 Å². The largest absolute Gasteiger partial charge is 0.310 e. The van der Waals surface area contributed by atoms with E-state index in [1.807, 2.05) is 0 Å². The summed E-state index contributed by atoms with van der Waals surface area (Å²) in [4.78, 5) is 2.42. The fourth-order valence-corrected chi connectivity index (χ4v) is 9.64. The lowest BCUT2D eigenvalue weighted by atomic mass is 9.67. The van der Waals surface area contributed by atoms with E-state index < -0.39 is 5.41 Å². The van der Waals surface area contributed by atoms with Crippen molar-refractivity contribution in [3.8, 4) is 33.4 Å². The summed E-state index contributed by atoms with van der Waals surface area (Å²) in [6.45, 7) is 0. The number of anilines is 3. The van der Waals surface area contributed by atoms with Crippen LogP contribution in [-0.4, -0.2) is 0 Å². The van der Waals surface area contributed by atoms with E-state index in [0.717, 1.165) is 17.1 Å². The molecular formula is C57H39N. The summed E-state index contributed by atoms with van der Waals surface area (Å²) in [6.07, 6.45) is 0. The fourth-order valence-electron chi connectivity index (χ4n) is 9.64. The van der Waals surface area contributed by atoms with Gasteiger partial charge in [-0.05, 0) is 102 Å². The number of hydrogen-bond acceptors (Lipinski definition) is 1. The van der Waals surface area contributed by atoms with Gasteiger partial charge in [0.15, 0.2) is 0 Å². The summed E-state index contributed by atoms with van der Waals surface area (Å²) in [5, 5.41) is 4.92. The van der Waals surface area contributed by atoms with Crippen LogP contribution >= 0.6 is 0 Å². The van der Waals surface area contributed by atoms with Crippen LogP contribution in [-0.2, 0) is 5.41 Å². The second kappa shape index (κ2) is 13.9. The van der Waals surface area contributed by atoms with Gasteiger partial charge in [-0.1, -0.05) is 206 Å². The third kappa shape index (κ3) is 5.32. The molecule has 0 N–H and O–H groups in total. The molecule has 0 bridgehead atoms. The van der Waals surface area contributed by atoms with Gasteiger partial charge in [0.25, 0.3) is 0 Å². The molecule has 0 unspecified atom stereocenters. The van der Waals surface area contributed by atoms with E-state index in [1.165, 1.54) is 77.2 Å². The molecule has 1 aliphatic rings. The zero-order valence-corrected chi connectivity index (χ0v) is 32.0. The first-order chi connectivity index (χ1) is 28.8. The van der Waals surface area contributed by atoms with Crippen molar-refractivity contribution in [1.82, 2.24) is 0 Å². The van der Waals surface area contributed by atoms with Crippen molar-refractivity contribution in [2.75, 3.05) is 4.90 Å². The van der Waals surface area contributed by atoms with E-state index in [-0.39, 0.29) is 0 Å². The standard InChI is InChI=1S/C57H39N/c1-3-22-44(23-4-1)57(45-24-5-2-6-25-45)53-32-12-11-29-52(53)56-51(31-16-33-54(56)57)42-35-37-46(38-36-42)58(55-34-15-20-41-18-8-10-28-50(41)55)47-26-13-21-43(39-47)49-30-14-19-40-17-7-9-27-48(40)49/h1-39H. The lowest BCUT2D eigenvalue weighted by molar-refractivity contribution is 0.768. The van der Waals surface area contributed by atoms with Gasteiger partial charge in [-0.25, -0.2) is 0 Å². The lowest BCUT2D eigenvalue weighted by Gasteiger charge is -2.34. The summed E-state index contributed by atoms with van der Waals surface area (Å²) in [5.74, 6) is 0. The quantitative estimate of drug-likeness (QED) is 0.157. The van der Waals surface area contributed by atoms with Gasteiger partial charge in [-0.15, -0.1) is 0 Å². The van der Waals surface area contributed by atoms with Crippen molar-refractivity contribution in [2.45, 2.75) is 5.41 Å². The summed E-state index contributed by atoms with van der Waals surface area (Å²) in [5.41, 5.74) is 15.5. The first kappa shape index (κ1) is 33.8. The second-order valence-corrected chi connectivity index (χ2v) is 15.2. The number of fused-ring (bicyclic) bond motifs is 5. The minimum Gasteiger partial charge on any atom is -0.310 e. The number of nitrogens with zero attached hydrogens (tertiary/aromatic N) is 1. The van der Waals surface area contributed by atoms with Crippen LogP contribution in [0.3, 0.4) is 0 Å². The fraction of sp³-hybridized carbons (Fsp3) is 0.0175. The van der Waals surface area contributed by atoms with Crippen molar-refractivity contribution in [2.24, 2.45) is 0 Å². The Morgan fingerprint density at radius 1 is 0.310 bits per heavy atom. The molecule has 0 spiro atoms. The van der Waals surface area contributed by atoms with Crippen LogP contribution in [0.15, 0.2) is 237 Å². The van der Waals surface area contributed by atoms with E-state index in [0.29, 0.717) is 0 Å². The molecule has 0 radical (unpaired) electrons. The average Bonchev–Trinajstić information content (AvgIpc) is 3.61. The maximum atomic E-state index is 2.42. The van der Waals surface area contributed by atoms with Crippen LogP contribution in [0.25, 0.3) is 54.9 Å². The summed E-state index contributed by atoms with van der Waals surface area (Å²) in [7, 11) is 0. The van der Waals surface area contributed by atoms with E-state index in [9.17, 15) is 0 Å². The molecule has 0 heterocycles. The molecule has 10 aromatic rings. The molecule has 0 amide bonds. The smallest absolute Gasteiger partial charge is 0.0713 e. The van der Waals surface area contributed by atoms with Crippen molar-refractivity contribution in [1.29, 1.82) is 0 Å². The molecule has 0 aromatic heterocycles. The lowest BCUT2D eigenvalue weighted by Crippen LogP contribution is -2.28. The molecule has 0 saturated carbocycles. The van der Waals surface area contributed by atoms with Gasteiger partial charge >= 0.3 is 0 Å². The van der Waals surface area contributed by atoms with Crippen LogP contribution in [0, 0.1) is 0 Å². The Balaban J connectivity index is 1.08. The second-order valence-electron chi connectivity index (χ2n) is 15.2. The van der Waals surface area contributed by atoms with Crippen LogP contribution in [0.1, 0.15) is 22.3 Å². The van der Waals surface area contributed by atoms with Gasteiger partial charge in [-0.2, -0.15) is 0 Å². The molecule has 58 heavy (non-hydrogen) atoms. The molecule has 0 aliphatic heterocycles. The topological polar surface area (TPSA) is 3.24 Å². The Morgan fingerprint density at radius 2 is 0.845 bits per heavy atom. The molecule has 10 aromatic carbocycles. The van der Waals surface area contributed by atoms with Crippen molar-refractivity contribution in [3.05, 3.63) is 259 Å². The van der Waals surface area contributed by atoms with Crippen LogP contribution in [0.2, 0.25) is 0 Å². The van der Waals surface area contributed by atoms with Crippen LogP contribution < -0.4 is 4.90 Å². The Bertz CT molecular complexity index is 3060. The molecule has 0 saturated heterocycles. The van der Waals surface area contributed by atoms with Gasteiger partial charge < -0.3 is 4.90 Å². The first-order valence-corrected chi connectivity index (χ1v) is 20.1. The van der Waals surface area contributed by atoms with Crippen molar-refractivity contribution < 1.29 is 0 Å². The molecular weight excluding hydrogens is 699 g/mol. The predicted octanol–water partition coefficient (Wildman–Crippen LogP) is 15.2. The van der Waals surface area contributed by atoms with Gasteiger partial charge in [0, 0.05) is 16.8 Å². The van der Waals surface area contributed by atoms with E-state index in [1.54, 1.807) is 0 Å². The zero-order chi connectivity index (χ0) is 38.5. The maximum Gasteiger partial charge on any atom is 0.0713 e. The molecule has 1 nitrogen and oxygen atoms in total. The predicted molar refractivity (Wildman–Crippen MR) is 244 cm³/mol. The highest BCUT2D eigenvalue weighted by molar-refractivity contribution is 6.01. The third-order valence-corrected chi connectivity index (χ3v) is 12.1. The molecule has 0 atom stereocenters. The monoisotopic (exact) mass is 737 g/mol. The van der Waals surface area contributed by atoms with Crippen LogP contribution in [0.5, 0.6) is 0 Å². The molecule has 11 rings (SSSR count). The summed E-state index contributed by atoms with van der Waals surface area (Å²) < 4.78 is 0. The molecule has 1 aliphatic carbocycles. The number of benzene rings is 10. The maximum absolute atomic E-state index is 2.42. The Labute approximate surface area is 339 Å². The Kier molecular flexibility index (Phi) is 8.12. The number of rotatable bonds is 7. The highest BCUT2D eigenvalue weighted by atomic mass is 15.1. The first-order valence-electron chi connectivity index (χ1n) is 20.1. The normalized spacial score (nSPS) is 12.6. The minimum atomic E-state index is -0.440. The molecule has 1 heteroatoms. The third-order valence-electron chi connectivity index (χ3n) is 12.1. The van der Waals surface area contributed by atoms with Gasteiger partial charge in [-0.3, -0.25) is 0 Å². The average molecular weight is 738 g/mol. The van der Waals surface area contributed by atoms with Gasteiger partial charge in [0.1, 0.15) is 0 Å². The number of hydrogen-bond donors (Lipinski definition) is 0. The summed E-state index contributed by atoms with van der Waals surface area (Å²) >= 11 is 0. The molecule has 272 valence electrons. The zero-order valence-electron chi connectivity index (χ0n) is 32.0. The van der Waals surface area contributed by atoms with Crippen molar-refractivity contribution >= 4 is 38.6 Å². The Hall–Kier alpha value is -7.48. The van der Waals surface area contributed by atoms with Gasteiger partial charge in [0.05, 0.1) is 11.1 Å². The van der Waals surface area contributed by atoms with Crippen LogP contribution in [0.4, 0.5) is 17.1 Å². The Morgan fingerprint density at radius 3 is 1.60 bits per heavy atom. The highest BCUT2D eigenvalue weighted by Crippen LogP contribution is 2.58.